The summed E-state index contributed by atoms with van der Waals surface area (Å²) >= 11 is 6.16. The molecule has 1 atom stereocenters. The van der Waals surface area contributed by atoms with Gasteiger partial charge in [0.2, 0.25) is 0 Å². The van der Waals surface area contributed by atoms with Crippen LogP contribution >= 0.6 is 11.6 Å². The lowest BCUT2D eigenvalue weighted by atomic mass is 9.81. The molecule has 2 aromatic rings. The number of nitrogens with one attached hydrogen (secondary N) is 2. The molecule has 2 N–H and O–H groups in total. The van der Waals surface area contributed by atoms with Gasteiger partial charge in [-0.25, -0.2) is 0 Å². The predicted octanol–water partition coefficient (Wildman–Crippen LogP) is 4.39. The summed E-state index contributed by atoms with van der Waals surface area (Å²) in [6.07, 6.45) is 7.21. The monoisotopic (exact) mass is 358 g/mol. The molecule has 1 unspecified atom stereocenters. The largest absolute Gasteiger partial charge is 0.364 e. The Labute approximate surface area is 152 Å². The highest BCUT2D eigenvalue weighted by atomic mass is 35.5. The van der Waals surface area contributed by atoms with Crippen LogP contribution in [0.2, 0.25) is 5.02 Å². The summed E-state index contributed by atoms with van der Waals surface area (Å²) < 4.78 is 0. The van der Waals surface area contributed by atoms with Crippen LogP contribution in [-0.2, 0) is 0 Å². The Morgan fingerprint density at radius 3 is 2.68 bits per heavy atom. The van der Waals surface area contributed by atoms with Gasteiger partial charge in [0.15, 0.2) is 5.43 Å². The van der Waals surface area contributed by atoms with E-state index in [-0.39, 0.29) is 22.9 Å². The first-order valence-corrected chi connectivity index (χ1v) is 9.18. The Balaban J connectivity index is 1.88. The number of pyridine rings is 1. The van der Waals surface area contributed by atoms with E-state index in [9.17, 15) is 9.59 Å². The van der Waals surface area contributed by atoms with E-state index in [0.29, 0.717) is 10.9 Å². The van der Waals surface area contributed by atoms with E-state index in [1.165, 1.54) is 31.5 Å². The minimum absolute atomic E-state index is 0.132. The second-order valence-electron chi connectivity index (χ2n) is 6.80. The maximum atomic E-state index is 12.7. The van der Waals surface area contributed by atoms with Crippen LogP contribution in [0.1, 0.15) is 59.8 Å². The van der Waals surface area contributed by atoms with Crippen molar-refractivity contribution in [1.29, 1.82) is 0 Å². The predicted molar refractivity (Wildman–Crippen MR) is 100 cm³/mol. The molecule has 1 aliphatic rings. The molecule has 132 valence electrons. The molecule has 1 aliphatic carbocycles. The van der Waals surface area contributed by atoms with Crippen molar-refractivity contribution in [2.45, 2.75) is 45.1 Å². The van der Waals surface area contributed by atoms with Crippen LogP contribution in [0.15, 0.2) is 41.3 Å². The molecule has 1 amide bonds. The van der Waals surface area contributed by atoms with Crippen molar-refractivity contribution in [3.8, 4) is 0 Å². The van der Waals surface area contributed by atoms with Crippen LogP contribution < -0.4 is 10.7 Å². The van der Waals surface area contributed by atoms with E-state index < -0.39 is 0 Å². The number of carbonyl (C=O) groups is 1. The fraction of sp³-hybridized carbons (Fsp3) is 0.400. The normalized spacial score (nSPS) is 16.4. The molecule has 5 heteroatoms. The van der Waals surface area contributed by atoms with Crippen molar-refractivity contribution in [2.24, 2.45) is 5.92 Å². The number of carbonyl (C=O) groups excluding carboxylic acids is 1. The average Bonchev–Trinajstić information content (AvgIpc) is 2.60. The minimum atomic E-state index is -0.336. The van der Waals surface area contributed by atoms with E-state index in [0.717, 1.165) is 24.1 Å². The zero-order chi connectivity index (χ0) is 17.8. The molecule has 25 heavy (non-hydrogen) atoms. The van der Waals surface area contributed by atoms with Crippen LogP contribution in [0.5, 0.6) is 0 Å². The van der Waals surface area contributed by atoms with Gasteiger partial charge in [0.1, 0.15) is 5.56 Å². The van der Waals surface area contributed by atoms with Gasteiger partial charge in [-0.1, -0.05) is 43.0 Å². The van der Waals surface area contributed by atoms with E-state index in [1.807, 2.05) is 24.3 Å². The fourth-order valence-electron chi connectivity index (χ4n) is 3.61. The first-order chi connectivity index (χ1) is 12.0. The maximum Gasteiger partial charge on any atom is 0.257 e. The zero-order valence-electron chi connectivity index (χ0n) is 14.3. The Bertz CT molecular complexity index is 809. The van der Waals surface area contributed by atoms with Gasteiger partial charge >= 0.3 is 0 Å². The van der Waals surface area contributed by atoms with Crippen molar-refractivity contribution in [3.63, 3.8) is 0 Å². The Kier molecular flexibility index (Phi) is 5.59. The van der Waals surface area contributed by atoms with Crippen LogP contribution in [-0.4, -0.2) is 10.9 Å². The molecule has 1 aromatic carbocycles. The molecule has 4 nitrogen and oxygen atoms in total. The zero-order valence-corrected chi connectivity index (χ0v) is 15.1. The highest BCUT2D eigenvalue weighted by Crippen LogP contribution is 2.35. The number of aromatic amines is 1. The van der Waals surface area contributed by atoms with Gasteiger partial charge in [0, 0.05) is 23.0 Å². The van der Waals surface area contributed by atoms with Gasteiger partial charge in [-0.2, -0.15) is 0 Å². The molecule has 1 heterocycles. The maximum absolute atomic E-state index is 12.7. The number of H-pyrrole nitrogens is 1. The van der Waals surface area contributed by atoms with Crippen LogP contribution in [0.3, 0.4) is 0 Å². The van der Waals surface area contributed by atoms with Crippen molar-refractivity contribution >= 4 is 17.5 Å². The third-order valence-electron chi connectivity index (χ3n) is 4.92. The molecular weight excluding hydrogens is 336 g/mol. The third kappa shape index (κ3) is 4.31. The lowest BCUT2D eigenvalue weighted by Gasteiger charge is -2.31. The molecule has 0 aliphatic heterocycles. The highest BCUT2D eigenvalue weighted by molar-refractivity contribution is 6.30. The van der Waals surface area contributed by atoms with Crippen molar-refractivity contribution in [2.75, 3.05) is 0 Å². The van der Waals surface area contributed by atoms with Gasteiger partial charge in [0.05, 0.1) is 6.04 Å². The number of benzene rings is 1. The van der Waals surface area contributed by atoms with Crippen molar-refractivity contribution in [3.05, 3.63) is 68.6 Å². The number of aromatic nitrogens is 1. The van der Waals surface area contributed by atoms with E-state index >= 15 is 0 Å². The smallest absolute Gasteiger partial charge is 0.257 e. The van der Waals surface area contributed by atoms with Crippen molar-refractivity contribution in [1.82, 2.24) is 10.3 Å². The Morgan fingerprint density at radius 2 is 2.00 bits per heavy atom. The summed E-state index contributed by atoms with van der Waals surface area (Å²) in [6, 6.07) is 8.94. The van der Waals surface area contributed by atoms with E-state index in [4.69, 9.17) is 11.6 Å². The van der Waals surface area contributed by atoms with Gasteiger partial charge in [-0.05, 0) is 43.4 Å². The van der Waals surface area contributed by atoms with E-state index in [1.54, 1.807) is 6.92 Å². The molecule has 0 spiro atoms. The molecule has 0 radical (unpaired) electrons. The van der Waals surface area contributed by atoms with E-state index in [2.05, 4.69) is 10.3 Å². The van der Waals surface area contributed by atoms with Crippen LogP contribution in [0, 0.1) is 12.8 Å². The van der Waals surface area contributed by atoms with Gasteiger partial charge in [0.25, 0.3) is 5.91 Å². The summed E-state index contributed by atoms with van der Waals surface area (Å²) in [5.74, 6) is 0.0255. The second-order valence-corrected chi connectivity index (χ2v) is 7.23. The highest BCUT2D eigenvalue weighted by Gasteiger charge is 2.27. The summed E-state index contributed by atoms with van der Waals surface area (Å²) in [4.78, 5) is 27.8. The molecule has 1 saturated carbocycles. The molecule has 3 rings (SSSR count). The molecule has 0 saturated heterocycles. The number of rotatable bonds is 4. The van der Waals surface area contributed by atoms with Gasteiger partial charge in [-0.15, -0.1) is 0 Å². The number of aryl methyl sites for hydroxylation is 1. The first kappa shape index (κ1) is 17.7. The average molecular weight is 359 g/mol. The molecule has 0 bridgehead atoms. The summed E-state index contributed by atoms with van der Waals surface area (Å²) in [5, 5.41) is 3.74. The number of hydrogen-bond acceptors (Lipinski definition) is 2. The Hall–Kier alpha value is -2.07. The summed E-state index contributed by atoms with van der Waals surface area (Å²) in [6.45, 7) is 1.79. The molecule has 1 fully saturated rings. The van der Waals surface area contributed by atoms with Gasteiger partial charge < -0.3 is 10.3 Å². The van der Waals surface area contributed by atoms with Gasteiger partial charge in [-0.3, -0.25) is 9.59 Å². The third-order valence-corrected chi connectivity index (χ3v) is 5.15. The summed E-state index contributed by atoms with van der Waals surface area (Å²) in [5.41, 5.74) is 1.62. The van der Waals surface area contributed by atoms with Crippen molar-refractivity contribution < 1.29 is 4.79 Å². The first-order valence-electron chi connectivity index (χ1n) is 8.80. The van der Waals surface area contributed by atoms with Crippen LogP contribution in [0.25, 0.3) is 0 Å². The number of hydrogen-bond donors (Lipinski definition) is 2. The quantitative estimate of drug-likeness (QED) is 0.851. The molecule has 1 aromatic heterocycles. The number of halogens is 1. The Morgan fingerprint density at radius 1 is 1.24 bits per heavy atom. The molecular formula is C20H23ClN2O2. The lowest BCUT2D eigenvalue weighted by molar-refractivity contribution is 0.0911. The SMILES string of the molecule is Cc1cc(=O)c(C(=O)NC(c2cccc(Cl)c2)C2CCCCC2)c[nH]1. The summed E-state index contributed by atoms with van der Waals surface area (Å²) in [7, 11) is 0. The second kappa shape index (κ2) is 7.87. The number of amides is 1. The van der Waals surface area contributed by atoms with Crippen LogP contribution in [0.4, 0.5) is 0 Å². The fourth-order valence-corrected chi connectivity index (χ4v) is 3.81. The standard InChI is InChI=1S/C20H23ClN2O2/c1-13-10-18(24)17(12-22-13)20(25)23-19(14-6-3-2-4-7-14)15-8-5-9-16(21)11-15/h5,8-12,14,19H,2-4,6-7H2,1H3,(H,22,24)(H,23,25). The lowest BCUT2D eigenvalue weighted by Crippen LogP contribution is -2.36. The topological polar surface area (TPSA) is 62.0 Å². The minimum Gasteiger partial charge on any atom is -0.364 e.